The number of ketones is 1. The van der Waals surface area contributed by atoms with Crippen molar-refractivity contribution in [2.24, 2.45) is 0 Å². The van der Waals surface area contributed by atoms with Crippen molar-refractivity contribution < 1.29 is 9.18 Å². The lowest BCUT2D eigenvalue weighted by Gasteiger charge is -1.91. The average molecular weight is 201 g/mol. The molecule has 0 aliphatic heterocycles. The van der Waals surface area contributed by atoms with Crippen molar-refractivity contribution in [3.05, 3.63) is 11.6 Å². The fourth-order valence-corrected chi connectivity index (χ4v) is 0.786. The highest BCUT2D eigenvalue weighted by atomic mass is 19.1. The summed E-state index contributed by atoms with van der Waals surface area (Å²) in [6.07, 6.45) is 3.74. The number of hydrogen-bond acceptors (Lipinski definition) is 2. The summed E-state index contributed by atoms with van der Waals surface area (Å²) in [5.74, 6) is -0.0532. The van der Waals surface area contributed by atoms with Crippen molar-refractivity contribution in [1.82, 2.24) is 0 Å². The van der Waals surface area contributed by atoms with Gasteiger partial charge in [0.05, 0.1) is 6.17 Å². The first-order valence-corrected chi connectivity index (χ1v) is 4.81. The van der Waals surface area contributed by atoms with Crippen molar-refractivity contribution in [3.8, 4) is 0 Å². The van der Waals surface area contributed by atoms with Crippen LogP contribution in [-0.4, -0.2) is 18.2 Å². The summed E-state index contributed by atoms with van der Waals surface area (Å²) in [6.45, 7) is 6.75. The molecular formula is C11H20FNO. The Labute approximate surface area is 85.7 Å². The van der Waals surface area contributed by atoms with E-state index in [1.165, 1.54) is 6.92 Å². The highest BCUT2D eigenvalue weighted by Crippen LogP contribution is 1.97. The van der Waals surface area contributed by atoms with Crippen LogP contribution in [0.3, 0.4) is 0 Å². The molecule has 0 aromatic heterocycles. The molecule has 0 heterocycles. The van der Waals surface area contributed by atoms with Gasteiger partial charge >= 0.3 is 0 Å². The third-order valence-corrected chi connectivity index (χ3v) is 1.56. The van der Waals surface area contributed by atoms with Crippen LogP contribution >= 0.6 is 0 Å². The Morgan fingerprint density at radius 1 is 1.57 bits per heavy atom. The zero-order chi connectivity index (χ0) is 11.6. The van der Waals surface area contributed by atoms with Gasteiger partial charge in [-0.25, -0.2) is 4.39 Å². The van der Waals surface area contributed by atoms with E-state index in [2.05, 4.69) is 0 Å². The van der Waals surface area contributed by atoms with Gasteiger partial charge in [-0.2, -0.15) is 0 Å². The maximum absolute atomic E-state index is 11.7. The molecule has 14 heavy (non-hydrogen) atoms. The lowest BCUT2D eigenvalue weighted by molar-refractivity contribution is -0.113. The zero-order valence-corrected chi connectivity index (χ0v) is 9.43. The van der Waals surface area contributed by atoms with Crippen LogP contribution in [0.2, 0.25) is 0 Å². The molecule has 1 N–H and O–H groups in total. The first-order valence-electron chi connectivity index (χ1n) is 4.81. The molecule has 1 unspecified atom stereocenters. The first kappa shape index (κ1) is 15.5. The van der Waals surface area contributed by atoms with E-state index < -0.39 is 6.17 Å². The van der Waals surface area contributed by atoms with Gasteiger partial charge in [-0.1, -0.05) is 19.4 Å². The number of carbonyl (C=O) groups excluding carboxylic acids is 1. The maximum atomic E-state index is 11.7. The summed E-state index contributed by atoms with van der Waals surface area (Å²) in [5.41, 5.74) is 0.463. The molecule has 0 saturated carbocycles. The molecule has 0 aliphatic carbocycles. The Kier molecular flexibility index (Phi) is 11.2. The molecule has 0 aromatic carbocycles. The normalized spacial score (nSPS) is 12.5. The summed E-state index contributed by atoms with van der Waals surface area (Å²) in [4.78, 5) is 10.4. The Bertz CT molecular complexity index is 197. The molecule has 0 amide bonds. The van der Waals surface area contributed by atoms with E-state index in [1.807, 2.05) is 6.92 Å². The molecule has 0 radical (unpaired) electrons. The van der Waals surface area contributed by atoms with Crippen molar-refractivity contribution >= 4 is 12.0 Å². The molecule has 0 aliphatic rings. The molecule has 0 aromatic rings. The minimum absolute atomic E-state index is 0.0532. The summed E-state index contributed by atoms with van der Waals surface area (Å²) in [6, 6.07) is 0. The van der Waals surface area contributed by atoms with Gasteiger partial charge in [-0.05, 0) is 27.2 Å². The van der Waals surface area contributed by atoms with Crippen molar-refractivity contribution in [1.29, 1.82) is 5.41 Å². The van der Waals surface area contributed by atoms with E-state index in [-0.39, 0.29) is 5.78 Å². The zero-order valence-electron chi connectivity index (χ0n) is 9.43. The molecule has 0 saturated heterocycles. The van der Waals surface area contributed by atoms with E-state index >= 15 is 0 Å². The van der Waals surface area contributed by atoms with Crippen LogP contribution < -0.4 is 0 Å². The van der Waals surface area contributed by atoms with Crippen LogP contribution in [0.5, 0.6) is 0 Å². The number of rotatable bonds is 4. The van der Waals surface area contributed by atoms with Gasteiger partial charge in [0.15, 0.2) is 5.78 Å². The monoisotopic (exact) mass is 201 g/mol. The maximum Gasteiger partial charge on any atom is 0.160 e. The van der Waals surface area contributed by atoms with Gasteiger partial charge in [0.2, 0.25) is 0 Å². The predicted molar refractivity (Wildman–Crippen MR) is 58.7 cm³/mol. The van der Waals surface area contributed by atoms with Crippen LogP contribution in [0.25, 0.3) is 0 Å². The Morgan fingerprint density at radius 3 is 2.07 bits per heavy atom. The van der Waals surface area contributed by atoms with E-state index in [9.17, 15) is 9.18 Å². The fraction of sp³-hybridized carbons (Fsp3) is 0.636. The molecule has 82 valence electrons. The molecule has 0 fully saturated rings. The summed E-state index contributed by atoms with van der Waals surface area (Å²) < 4.78 is 11.7. The lowest BCUT2D eigenvalue weighted by Crippen LogP contribution is -1.95. The molecule has 0 bridgehead atoms. The molecule has 1 atom stereocenters. The Balaban J connectivity index is 0. The van der Waals surface area contributed by atoms with Gasteiger partial charge in [-0.15, -0.1) is 0 Å². The molecule has 0 rings (SSSR count). The molecule has 3 heteroatoms. The third kappa shape index (κ3) is 11.0. The Morgan fingerprint density at radius 2 is 2.07 bits per heavy atom. The number of carbonyl (C=O) groups is 1. The van der Waals surface area contributed by atoms with Crippen LogP contribution in [0.4, 0.5) is 4.39 Å². The van der Waals surface area contributed by atoms with E-state index in [1.54, 1.807) is 19.9 Å². The van der Waals surface area contributed by atoms with Crippen LogP contribution in [0.1, 0.15) is 40.5 Å². The van der Waals surface area contributed by atoms with Crippen molar-refractivity contribution in [3.63, 3.8) is 0 Å². The average Bonchev–Trinajstić information content (AvgIpc) is 2.06. The summed E-state index contributed by atoms with van der Waals surface area (Å²) in [7, 11) is 0. The van der Waals surface area contributed by atoms with Crippen LogP contribution in [0, 0.1) is 5.41 Å². The quantitative estimate of drug-likeness (QED) is 0.550. The minimum Gasteiger partial charge on any atom is -0.308 e. The van der Waals surface area contributed by atoms with Crippen molar-refractivity contribution in [2.75, 3.05) is 0 Å². The number of nitrogens with one attached hydrogen (secondary N) is 1. The molecule has 0 spiro atoms. The van der Waals surface area contributed by atoms with Gasteiger partial charge in [0, 0.05) is 11.8 Å². The largest absolute Gasteiger partial charge is 0.308 e. The second-order valence-electron chi connectivity index (χ2n) is 3.01. The second kappa shape index (κ2) is 10.1. The fourth-order valence-electron chi connectivity index (χ4n) is 0.786. The highest BCUT2D eigenvalue weighted by Gasteiger charge is 1.94. The second-order valence-corrected chi connectivity index (χ2v) is 3.01. The predicted octanol–water partition coefficient (Wildman–Crippen LogP) is 3.32. The topological polar surface area (TPSA) is 40.9 Å². The SMILES string of the molecule is C/C=C(\C=N)C(C)=O.CCCC(C)F. The Hall–Kier alpha value is -0.990. The molecular weight excluding hydrogens is 181 g/mol. The van der Waals surface area contributed by atoms with E-state index in [0.29, 0.717) is 12.0 Å². The van der Waals surface area contributed by atoms with E-state index in [4.69, 9.17) is 5.41 Å². The van der Waals surface area contributed by atoms with Crippen molar-refractivity contribution in [2.45, 2.75) is 46.7 Å². The number of halogens is 1. The smallest absolute Gasteiger partial charge is 0.160 e. The lowest BCUT2D eigenvalue weighted by atomic mass is 10.2. The van der Waals surface area contributed by atoms with Gasteiger partial charge in [-0.3, -0.25) is 4.79 Å². The highest BCUT2D eigenvalue weighted by molar-refractivity contribution is 6.11. The first-order chi connectivity index (χ1) is 6.49. The molecule has 2 nitrogen and oxygen atoms in total. The summed E-state index contributed by atoms with van der Waals surface area (Å²) in [5, 5.41) is 6.68. The van der Waals surface area contributed by atoms with Gasteiger partial charge < -0.3 is 5.41 Å². The van der Waals surface area contributed by atoms with Gasteiger partial charge in [0.25, 0.3) is 0 Å². The number of allylic oxidation sites excluding steroid dienone is 2. The summed E-state index contributed by atoms with van der Waals surface area (Å²) >= 11 is 0. The van der Waals surface area contributed by atoms with Crippen LogP contribution in [0.15, 0.2) is 11.6 Å². The standard InChI is InChI=1S/C6H9NO.C5H11F/c1-3-6(4-7)5(2)8;1-3-4-5(2)6/h3-4,7H,1-2H3;5H,3-4H2,1-2H3/b6-3+,7-4?;. The number of hydrogen-bond donors (Lipinski definition) is 1. The van der Waals surface area contributed by atoms with Gasteiger partial charge in [0.1, 0.15) is 0 Å². The van der Waals surface area contributed by atoms with Crippen LogP contribution in [-0.2, 0) is 4.79 Å². The van der Waals surface area contributed by atoms with E-state index in [0.717, 1.165) is 12.6 Å². The minimum atomic E-state index is -0.602. The number of alkyl halides is 1. The third-order valence-electron chi connectivity index (χ3n) is 1.56. The number of Topliss-reactive ketones (excluding diaryl/α,β-unsaturated/α-hetero) is 1.